The Bertz CT molecular complexity index is 610. The Balaban J connectivity index is 1.38. The molecule has 1 fully saturated rings. The van der Waals surface area contributed by atoms with E-state index < -0.39 is 0 Å². The third-order valence-corrected chi connectivity index (χ3v) is 4.73. The van der Waals surface area contributed by atoms with Crippen LogP contribution < -0.4 is 15.4 Å². The van der Waals surface area contributed by atoms with Gasteiger partial charge in [0.25, 0.3) is 0 Å². The van der Waals surface area contributed by atoms with Crippen molar-refractivity contribution in [1.82, 2.24) is 20.2 Å². The standard InChI is InChI=1S/C16H21N5OS/c22-16(17-8-13-9-18-19-10-13)21-14-4-6-15(7-5-14)23-20-11-12-2-1-3-12/h4-7,9-10,12,20H,1-3,8,11H2,(H,18,19)(H2,17,21,22). The highest BCUT2D eigenvalue weighted by Gasteiger charge is 2.16. The number of urea groups is 1. The number of anilines is 1. The summed E-state index contributed by atoms with van der Waals surface area (Å²) in [6, 6.07) is 7.60. The first-order chi connectivity index (χ1) is 11.3. The molecule has 1 aliphatic rings. The minimum Gasteiger partial charge on any atom is -0.334 e. The van der Waals surface area contributed by atoms with Crippen molar-refractivity contribution in [1.29, 1.82) is 0 Å². The zero-order chi connectivity index (χ0) is 15.9. The summed E-state index contributed by atoms with van der Waals surface area (Å²) in [7, 11) is 0. The van der Waals surface area contributed by atoms with Crippen LogP contribution in [0.25, 0.3) is 0 Å². The molecule has 23 heavy (non-hydrogen) atoms. The number of hydrogen-bond acceptors (Lipinski definition) is 4. The highest BCUT2D eigenvalue weighted by Crippen LogP contribution is 2.26. The van der Waals surface area contributed by atoms with Gasteiger partial charge in [-0.15, -0.1) is 0 Å². The van der Waals surface area contributed by atoms with Gasteiger partial charge in [-0.3, -0.25) is 9.82 Å². The number of carbonyl (C=O) groups is 1. The van der Waals surface area contributed by atoms with Crippen molar-refractivity contribution >= 4 is 23.7 Å². The summed E-state index contributed by atoms with van der Waals surface area (Å²) >= 11 is 1.65. The lowest BCUT2D eigenvalue weighted by atomic mass is 9.86. The Morgan fingerprint density at radius 2 is 2.13 bits per heavy atom. The molecule has 2 amide bonds. The number of nitrogens with zero attached hydrogens (tertiary/aromatic N) is 1. The lowest BCUT2D eigenvalue weighted by Gasteiger charge is -2.25. The van der Waals surface area contributed by atoms with Gasteiger partial charge in [0.05, 0.1) is 6.20 Å². The summed E-state index contributed by atoms with van der Waals surface area (Å²) in [4.78, 5) is 13.0. The molecule has 1 aromatic carbocycles. The van der Waals surface area contributed by atoms with Crippen LogP contribution in [0.3, 0.4) is 0 Å². The fourth-order valence-corrected chi connectivity index (χ4v) is 3.04. The number of rotatable bonds is 7. The number of hydrogen-bond donors (Lipinski definition) is 4. The van der Waals surface area contributed by atoms with Crippen molar-refractivity contribution in [3.63, 3.8) is 0 Å². The van der Waals surface area contributed by atoms with E-state index in [4.69, 9.17) is 0 Å². The third kappa shape index (κ3) is 5.01. The van der Waals surface area contributed by atoms with Crippen LogP contribution >= 0.6 is 11.9 Å². The van der Waals surface area contributed by atoms with Gasteiger partial charge < -0.3 is 10.6 Å². The quantitative estimate of drug-likeness (QED) is 0.588. The molecule has 0 bridgehead atoms. The van der Waals surface area contributed by atoms with E-state index in [0.717, 1.165) is 28.6 Å². The first kappa shape index (κ1) is 15.9. The fraction of sp³-hybridized carbons (Fsp3) is 0.375. The van der Waals surface area contributed by atoms with Crippen LogP contribution in [0.5, 0.6) is 0 Å². The second-order valence-electron chi connectivity index (χ2n) is 5.69. The Labute approximate surface area is 140 Å². The predicted molar refractivity (Wildman–Crippen MR) is 92.1 cm³/mol. The maximum Gasteiger partial charge on any atom is 0.319 e. The van der Waals surface area contributed by atoms with Crippen LogP contribution in [0.2, 0.25) is 0 Å². The van der Waals surface area contributed by atoms with Crippen LogP contribution in [-0.4, -0.2) is 22.8 Å². The van der Waals surface area contributed by atoms with Crippen molar-refractivity contribution in [2.45, 2.75) is 30.7 Å². The molecule has 7 heteroatoms. The Morgan fingerprint density at radius 1 is 1.30 bits per heavy atom. The number of H-pyrrole nitrogens is 1. The van der Waals surface area contributed by atoms with Gasteiger partial charge in [-0.25, -0.2) is 4.79 Å². The van der Waals surface area contributed by atoms with E-state index in [-0.39, 0.29) is 6.03 Å². The summed E-state index contributed by atoms with van der Waals surface area (Å²) in [6.07, 6.45) is 7.51. The van der Waals surface area contributed by atoms with Crippen molar-refractivity contribution in [3.8, 4) is 0 Å². The monoisotopic (exact) mass is 331 g/mol. The van der Waals surface area contributed by atoms with E-state index in [1.165, 1.54) is 19.3 Å². The molecule has 0 aliphatic heterocycles. The zero-order valence-corrected chi connectivity index (χ0v) is 13.7. The number of carbonyl (C=O) groups excluding carboxylic acids is 1. The summed E-state index contributed by atoms with van der Waals surface area (Å²) in [5.74, 6) is 0.849. The Kier molecular flexibility index (Phi) is 5.55. The number of nitrogens with one attached hydrogen (secondary N) is 4. The van der Waals surface area contributed by atoms with E-state index >= 15 is 0 Å². The maximum absolute atomic E-state index is 11.8. The molecule has 0 radical (unpaired) electrons. The normalized spacial score (nSPS) is 14.3. The topological polar surface area (TPSA) is 81.8 Å². The molecular formula is C16H21N5OS. The van der Waals surface area contributed by atoms with Gasteiger partial charge in [-0.1, -0.05) is 6.42 Å². The van der Waals surface area contributed by atoms with Gasteiger partial charge >= 0.3 is 6.03 Å². The molecule has 3 rings (SSSR count). The molecule has 2 aromatic rings. The number of benzene rings is 1. The molecule has 0 atom stereocenters. The fourth-order valence-electron chi connectivity index (χ4n) is 2.28. The molecule has 1 aliphatic carbocycles. The Morgan fingerprint density at radius 3 is 2.78 bits per heavy atom. The molecule has 6 nitrogen and oxygen atoms in total. The van der Waals surface area contributed by atoms with Crippen LogP contribution in [0.4, 0.5) is 10.5 Å². The van der Waals surface area contributed by atoms with E-state index in [1.807, 2.05) is 24.3 Å². The maximum atomic E-state index is 11.8. The summed E-state index contributed by atoms with van der Waals surface area (Å²) in [6.45, 7) is 1.52. The molecule has 1 heterocycles. The van der Waals surface area contributed by atoms with Gasteiger partial charge in [-0.2, -0.15) is 5.10 Å². The van der Waals surface area contributed by atoms with Crippen LogP contribution in [0.15, 0.2) is 41.6 Å². The van der Waals surface area contributed by atoms with Gasteiger partial charge in [0.15, 0.2) is 0 Å². The first-order valence-electron chi connectivity index (χ1n) is 7.82. The molecule has 0 saturated heterocycles. The number of amides is 2. The zero-order valence-electron chi connectivity index (χ0n) is 12.8. The van der Waals surface area contributed by atoms with Crippen LogP contribution in [-0.2, 0) is 6.54 Å². The number of aromatic nitrogens is 2. The number of aromatic amines is 1. The summed E-state index contributed by atoms with van der Waals surface area (Å²) in [5.41, 5.74) is 1.71. The van der Waals surface area contributed by atoms with Crippen LogP contribution in [0, 0.1) is 5.92 Å². The van der Waals surface area contributed by atoms with Gasteiger partial charge in [0.2, 0.25) is 0 Å². The van der Waals surface area contributed by atoms with Crippen molar-refractivity contribution in [2.75, 3.05) is 11.9 Å². The lowest BCUT2D eigenvalue weighted by molar-refractivity contribution is 0.251. The van der Waals surface area contributed by atoms with Crippen LogP contribution in [0.1, 0.15) is 24.8 Å². The first-order valence-corrected chi connectivity index (χ1v) is 8.63. The Hall–Kier alpha value is -1.99. The second kappa shape index (κ2) is 8.03. The highest BCUT2D eigenvalue weighted by atomic mass is 32.2. The minimum absolute atomic E-state index is 0.227. The van der Waals surface area contributed by atoms with Crippen molar-refractivity contribution in [3.05, 3.63) is 42.2 Å². The summed E-state index contributed by atoms with van der Waals surface area (Å²) in [5, 5.41) is 12.1. The predicted octanol–water partition coefficient (Wildman–Crippen LogP) is 3.13. The molecule has 1 saturated carbocycles. The average Bonchev–Trinajstić information content (AvgIpc) is 3.03. The van der Waals surface area contributed by atoms with Gasteiger partial charge in [0.1, 0.15) is 0 Å². The van der Waals surface area contributed by atoms with E-state index in [1.54, 1.807) is 24.3 Å². The highest BCUT2D eigenvalue weighted by molar-refractivity contribution is 7.97. The van der Waals surface area contributed by atoms with E-state index in [9.17, 15) is 4.79 Å². The molecular weight excluding hydrogens is 310 g/mol. The van der Waals surface area contributed by atoms with Crippen molar-refractivity contribution < 1.29 is 4.79 Å². The van der Waals surface area contributed by atoms with E-state index in [0.29, 0.717) is 6.54 Å². The average molecular weight is 331 g/mol. The minimum atomic E-state index is -0.227. The van der Waals surface area contributed by atoms with E-state index in [2.05, 4.69) is 25.6 Å². The van der Waals surface area contributed by atoms with Gasteiger partial charge in [-0.05, 0) is 55.0 Å². The molecule has 122 valence electrons. The van der Waals surface area contributed by atoms with Crippen molar-refractivity contribution in [2.24, 2.45) is 5.92 Å². The third-order valence-electron chi connectivity index (χ3n) is 3.91. The molecule has 0 unspecified atom stereocenters. The molecule has 4 N–H and O–H groups in total. The SMILES string of the molecule is O=C(NCc1cn[nH]c1)Nc1ccc(SNCC2CCC2)cc1. The smallest absolute Gasteiger partial charge is 0.319 e. The summed E-state index contributed by atoms with van der Waals surface area (Å²) < 4.78 is 3.41. The molecule has 0 spiro atoms. The second-order valence-corrected chi connectivity index (χ2v) is 6.65. The molecule has 1 aromatic heterocycles. The largest absolute Gasteiger partial charge is 0.334 e. The lowest BCUT2D eigenvalue weighted by Crippen LogP contribution is -2.27. The van der Waals surface area contributed by atoms with Gasteiger partial charge in [0, 0.05) is 35.4 Å².